The molecule has 0 aliphatic heterocycles. The molecule has 1 aromatic carbocycles. The van der Waals surface area contributed by atoms with E-state index in [1.807, 2.05) is 34.9 Å². The molecule has 0 amide bonds. The summed E-state index contributed by atoms with van der Waals surface area (Å²) >= 11 is 3.28. The Morgan fingerprint density at radius 3 is 2.82 bits per heavy atom. The zero-order chi connectivity index (χ0) is 15.5. The van der Waals surface area contributed by atoms with Crippen LogP contribution in [0.5, 0.6) is 0 Å². The van der Waals surface area contributed by atoms with Crippen molar-refractivity contribution in [2.45, 2.75) is 6.54 Å². The normalized spacial score (nSPS) is 10.6. The smallest absolute Gasteiger partial charge is 0.282 e. The van der Waals surface area contributed by atoms with Crippen molar-refractivity contribution in [3.63, 3.8) is 0 Å². The Morgan fingerprint density at radius 2 is 2.05 bits per heavy atom. The van der Waals surface area contributed by atoms with Gasteiger partial charge in [0.15, 0.2) is 5.82 Å². The standard InChI is InChI=1S/C14H13BrN6O/c1-20-14(22)13(15)11(7-18-20)16-8-12-19-17-9-21(12)10-5-3-2-4-6-10/h2-7,9,16H,8H2,1H3. The number of hydrogen-bond acceptors (Lipinski definition) is 5. The molecule has 3 aromatic rings. The van der Waals surface area contributed by atoms with Gasteiger partial charge in [0, 0.05) is 12.7 Å². The van der Waals surface area contributed by atoms with Gasteiger partial charge in [0.2, 0.25) is 0 Å². The van der Waals surface area contributed by atoms with Crippen molar-refractivity contribution in [3.05, 3.63) is 63.5 Å². The highest BCUT2D eigenvalue weighted by Gasteiger charge is 2.09. The summed E-state index contributed by atoms with van der Waals surface area (Å²) in [5, 5.41) is 15.2. The first-order chi connectivity index (χ1) is 10.7. The monoisotopic (exact) mass is 360 g/mol. The minimum Gasteiger partial charge on any atom is -0.375 e. The molecule has 2 heterocycles. The molecule has 8 heteroatoms. The molecule has 0 spiro atoms. The predicted octanol–water partition coefficient (Wildman–Crippen LogP) is 1.74. The van der Waals surface area contributed by atoms with Gasteiger partial charge in [-0.1, -0.05) is 18.2 Å². The van der Waals surface area contributed by atoms with Gasteiger partial charge in [-0.3, -0.25) is 9.36 Å². The Labute approximate surface area is 134 Å². The van der Waals surface area contributed by atoms with E-state index >= 15 is 0 Å². The number of rotatable bonds is 4. The first-order valence-corrected chi connectivity index (χ1v) is 7.36. The molecule has 0 unspecified atom stereocenters. The van der Waals surface area contributed by atoms with E-state index in [1.54, 1.807) is 19.6 Å². The van der Waals surface area contributed by atoms with Gasteiger partial charge in [0.1, 0.15) is 10.8 Å². The lowest BCUT2D eigenvalue weighted by Gasteiger charge is -2.10. The average Bonchev–Trinajstić information content (AvgIpc) is 3.01. The van der Waals surface area contributed by atoms with Gasteiger partial charge in [-0.2, -0.15) is 5.10 Å². The summed E-state index contributed by atoms with van der Waals surface area (Å²) in [6, 6.07) is 9.81. The first-order valence-electron chi connectivity index (χ1n) is 6.57. The summed E-state index contributed by atoms with van der Waals surface area (Å²) in [6.07, 6.45) is 3.25. The lowest BCUT2D eigenvalue weighted by Crippen LogP contribution is -2.21. The van der Waals surface area contributed by atoms with Crippen LogP contribution in [-0.4, -0.2) is 24.5 Å². The second kappa shape index (κ2) is 6.10. The summed E-state index contributed by atoms with van der Waals surface area (Å²) < 4.78 is 3.59. The van der Waals surface area contributed by atoms with Crippen molar-refractivity contribution in [1.82, 2.24) is 24.5 Å². The molecule has 0 atom stereocenters. The molecule has 0 saturated carbocycles. The minimum absolute atomic E-state index is 0.200. The molecule has 1 N–H and O–H groups in total. The fraction of sp³-hybridized carbons (Fsp3) is 0.143. The number of para-hydroxylation sites is 1. The van der Waals surface area contributed by atoms with Crippen LogP contribution in [0.25, 0.3) is 5.69 Å². The number of hydrogen-bond donors (Lipinski definition) is 1. The van der Waals surface area contributed by atoms with E-state index in [-0.39, 0.29) is 5.56 Å². The summed E-state index contributed by atoms with van der Waals surface area (Å²) in [5.41, 5.74) is 1.39. The van der Waals surface area contributed by atoms with E-state index in [0.717, 1.165) is 11.5 Å². The Hall–Kier alpha value is -2.48. The maximum atomic E-state index is 11.8. The molecule has 112 valence electrons. The summed E-state index contributed by atoms with van der Waals surface area (Å²) in [4.78, 5) is 11.8. The molecular formula is C14H13BrN6O. The van der Waals surface area contributed by atoms with E-state index in [1.165, 1.54) is 4.68 Å². The molecule has 0 aliphatic rings. The number of anilines is 1. The fourth-order valence-electron chi connectivity index (χ4n) is 1.99. The lowest BCUT2D eigenvalue weighted by atomic mass is 10.3. The number of benzene rings is 1. The van der Waals surface area contributed by atoms with Gasteiger partial charge in [0.25, 0.3) is 5.56 Å². The molecule has 0 bridgehead atoms. The Kier molecular flexibility index (Phi) is 4.01. The van der Waals surface area contributed by atoms with Gasteiger partial charge in [0.05, 0.1) is 18.4 Å². The minimum atomic E-state index is -0.200. The third kappa shape index (κ3) is 2.77. The van der Waals surface area contributed by atoms with Crippen LogP contribution in [0.15, 0.2) is 52.1 Å². The molecule has 7 nitrogen and oxygen atoms in total. The number of aromatic nitrogens is 5. The van der Waals surface area contributed by atoms with Crippen LogP contribution in [0.1, 0.15) is 5.82 Å². The van der Waals surface area contributed by atoms with Crippen molar-refractivity contribution in [2.24, 2.45) is 7.05 Å². The number of aryl methyl sites for hydroxylation is 1. The van der Waals surface area contributed by atoms with Crippen LogP contribution in [0, 0.1) is 0 Å². The molecule has 22 heavy (non-hydrogen) atoms. The van der Waals surface area contributed by atoms with Gasteiger partial charge in [-0.25, -0.2) is 4.68 Å². The molecular weight excluding hydrogens is 348 g/mol. The van der Waals surface area contributed by atoms with Crippen molar-refractivity contribution in [2.75, 3.05) is 5.32 Å². The second-order valence-corrected chi connectivity index (χ2v) is 5.40. The summed E-state index contributed by atoms with van der Waals surface area (Å²) in [5.74, 6) is 0.735. The molecule has 2 aromatic heterocycles. The van der Waals surface area contributed by atoms with E-state index in [2.05, 4.69) is 36.5 Å². The van der Waals surface area contributed by atoms with Crippen molar-refractivity contribution in [3.8, 4) is 5.69 Å². The lowest BCUT2D eigenvalue weighted by molar-refractivity contribution is 0.702. The van der Waals surface area contributed by atoms with E-state index < -0.39 is 0 Å². The van der Waals surface area contributed by atoms with Crippen LogP contribution < -0.4 is 10.9 Å². The van der Waals surface area contributed by atoms with E-state index in [4.69, 9.17) is 0 Å². The average molecular weight is 361 g/mol. The summed E-state index contributed by atoms with van der Waals surface area (Å²) in [6.45, 7) is 0.419. The zero-order valence-electron chi connectivity index (χ0n) is 11.8. The van der Waals surface area contributed by atoms with Crippen molar-refractivity contribution in [1.29, 1.82) is 0 Å². The number of halogens is 1. The number of nitrogens with one attached hydrogen (secondary N) is 1. The van der Waals surface area contributed by atoms with Gasteiger partial charge >= 0.3 is 0 Å². The molecule has 0 radical (unpaired) electrons. The Bertz CT molecular complexity index is 842. The topological polar surface area (TPSA) is 77.6 Å². The van der Waals surface area contributed by atoms with Gasteiger partial charge < -0.3 is 5.32 Å². The van der Waals surface area contributed by atoms with Gasteiger partial charge in [-0.05, 0) is 28.1 Å². The molecule has 3 rings (SSSR count). The van der Waals surface area contributed by atoms with Crippen LogP contribution >= 0.6 is 15.9 Å². The molecule has 0 fully saturated rings. The highest BCUT2D eigenvalue weighted by molar-refractivity contribution is 9.10. The third-order valence-corrected chi connectivity index (χ3v) is 3.93. The maximum absolute atomic E-state index is 11.8. The predicted molar refractivity (Wildman–Crippen MR) is 85.9 cm³/mol. The van der Waals surface area contributed by atoms with Crippen LogP contribution in [-0.2, 0) is 13.6 Å². The van der Waals surface area contributed by atoms with Crippen molar-refractivity contribution >= 4 is 21.6 Å². The Morgan fingerprint density at radius 1 is 1.27 bits per heavy atom. The van der Waals surface area contributed by atoms with Gasteiger partial charge in [-0.15, -0.1) is 10.2 Å². The SMILES string of the molecule is Cn1ncc(NCc2nncn2-c2ccccc2)c(Br)c1=O. The first kappa shape index (κ1) is 14.5. The third-order valence-electron chi connectivity index (χ3n) is 3.17. The van der Waals surface area contributed by atoms with Crippen molar-refractivity contribution < 1.29 is 0 Å². The highest BCUT2D eigenvalue weighted by Crippen LogP contribution is 2.17. The zero-order valence-corrected chi connectivity index (χ0v) is 13.4. The molecule has 0 saturated heterocycles. The Balaban J connectivity index is 1.83. The second-order valence-electron chi connectivity index (χ2n) is 4.61. The maximum Gasteiger partial charge on any atom is 0.282 e. The largest absolute Gasteiger partial charge is 0.375 e. The summed E-state index contributed by atoms with van der Waals surface area (Å²) in [7, 11) is 1.60. The van der Waals surface area contributed by atoms with E-state index in [9.17, 15) is 4.79 Å². The van der Waals surface area contributed by atoms with Crippen LogP contribution in [0.3, 0.4) is 0 Å². The fourth-order valence-corrected chi connectivity index (χ4v) is 2.49. The number of nitrogens with zero attached hydrogens (tertiary/aromatic N) is 5. The van der Waals surface area contributed by atoms with Crippen LogP contribution in [0.4, 0.5) is 5.69 Å². The van der Waals surface area contributed by atoms with E-state index in [0.29, 0.717) is 16.7 Å². The quantitative estimate of drug-likeness (QED) is 0.766. The highest BCUT2D eigenvalue weighted by atomic mass is 79.9. The molecule has 0 aliphatic carbocycles. The van der Waals surface area contributed by atoms with Crippen LogP contribution in [0.2, 0.25) is 0 Å².